The average molecular weight is 199 g/mol. The van der Waals surface area contributed by atoms with Crippen LogP contribution < -0.4 is 0 Å². The summed E-state index contributed by atoms with van der Waals surface area (Å²) in [4.78, 5) is 0. The summed E-state index contributed by atoms with van der Waals surface area (Å²) in [5.74, 6) is 0.404. The molecule has 0 radical (unpaired) electrons. The van der Waals surface area contributed by atoms with E-state index in [1.165, 1.54) is 25.3 Å². The second-order valence-corrected chi connectivity index (χ2v) is 3.88. The Hall–Kier alpha value is -0.630. The Labute approximate surface area is 84.0 Å². The minimum atomic E-state index is 0.000518. The summed E-state index contributed by atoms with van der Waals surface area (Å²) in [6.45, 7) is 0. The summed E-state index contributed by atoms with van der Waals surface area (Å²) in [7, 11) is 0. The van der Waals surface area contributed by atoms with Crippen LogP contribution in [0.25, 0.3) is 0 Å². The molecule has 0 spiro atoms. The number of allylic oxidation sites excluding steroid dienone is 2. The number of nitrogens with one attached hydrogen (secondary N) is 2. The van der Waals surface area contributed by atoms with Crippen LogP contribution >= 0.6 is 11.6 Å². The normalized spacial score (nSPS) is 19.2. The Balaban J connectivity index is 2.41. The standard InChI is InChI=1S/C10H15ClN2/c11-10(13)7-6-9(12)8-4-2-1-3-5-8/h6-8,12-13H,1-5H2/b7-6-,12-9?,13-10?. The number of rotatable bonds is 3. The monoisotopic (exact) mass is 198 g/mol. The third-order valence-electron chi connectivity index (χ3n) is 2.45. The van der Waals surface area contributed by atoms with E-state index < -0.39 is 0 Å². The average Bonchev–Trinajstić information content (AvgIpc) is 2.15. The second-order valence-electron chi connectivity index (χ2n) is 3.47. The highest BCUT2D eigenvalue weighted by molar-refractivity contribution is 6.67. The maximum absolute atomic E-state index is 7.73. The van der Waals surface area contributed by atoms with Crippen LogP contribution in [0.2, 0.25) is 0 Å². The summed E-state index contributed by atoms with van der Waals surface area (Å²) >= 11 is 5.36. The van der Waals surface area contributed by atoms with Crippen molar-refractivity contribution in [2.45, 2.75) is 32.1 Å². The SMILES string of the molecule is N=C(Cl)/C=C\C(=N)C1CCCCC1. The van der Waals surface area contributed by atoms with Gasteiger partial charge in [0.25, 0.3) is 0 Å². The smallest absolute Gasteiger partial charge is 0.120 e. The van der Waals surface area contributed by atoms with Crippen molar-refractivity contribution in [3.05, 3.63) is 12.2 Å². The lowest BCUT2D eigenvalue weighted by Crippen LogP contribution is -2.14. The molecule has 72 valence electrons. The van der Waals surface area contributed by atoms with Gasteiger partial charge in [-0.15, -0.1) is 0 Å². The van der Waals surface area contributed by atoms with Crippen molar-refractivity contribution in [2.24, 2.45) is 5.92 Å². The predicted octanol–water partition coefficient (Wildman–Crippen LogP) is 3.36. The molecule has 2 N–H and O–H groups in total. The van der Waals surface area contributed by atoms with Crippen LogP contribution in [0, 0.1) is 16.7 Å². The molecule has 1 aliphatic rings. The van der Waals surface area contributed by atoms with E-state index >= 15 is 0 Å². The van der Waals surface area contributed by atoms with Gasteiger partial charge in [-0.2, -0.15) is 0 Å². The van der Waals surface area contributed by atoms with Crippen LogP contribution in [0.5, 0.6) is 0 Å². The molecular formula is C10H15ClN2. The van der Waals surface area contributed by atoms with Crippen molar-refractivity contribution >= 4 is 22.5 Å². The minimum Gasteiger partial charge on any atom is -0.305 e. The van der Waals surface area contributed by atoms with E-state index in [2.05, 4.69) is 0 Å². The van der Waals surface area contributed by atoms with E-state index in [0.29, 0.717) is 11.6 Å². The maximum Gasteiger partial charge on any atom is 0.120 e. The molecule has 0 unspecified atom stereocenters. The van der Waals surface area contributed by atoms with Gasteiger partial charge in [0.2, 0.25) is 0 Å². The molecule has 3 heteroatoms. The van der Waals surface area contributed by atoms with Crippen LogP contribution in [0.15, 0.2) is 12.2 Å². The summed E-state index contributed by atoms with van der Waals surface area (Å²) in [6, 6.07) is 0. The molecule has 0 atom stereocenters. The van der Waals surface area contributed by atoms with Crippen LogP contribution in [0.3, 0.4) is 0 Å². The third kappa shape index (κ3) is 3.73. The van der Waals surface area contributed by atoms with E-state index in [9.17, 15) is 0 Å². The van der Waals surface area contributed by atoms with Crippen molar-refractivity contribution in [1.29, 1.82) is 10.8 Å². The van der Waals surface area contributed by atoms with Gasteiger partial charge in [-0.05, 0) is 25.0 Å². The molecule has 0 saturated heterocycles. The van der Waals surface area contributed by atoms with Gasteiger partial charge in [0.1, 0.15) is 5.17 Å². The molecular weight excluding hydrogens is 184 g/mol. The largest absolute Gasteiger partial charge is 0.305 e. The lowest BCUT2D eigenvalue weighted by Gasteiger charge is -2.20. The fourth-order valence-corrected chi connectivity index (χ4v) is 1.78. The highest BCUT2D eigenvalue weighted by Crippen LogP contribution is 2.24. The first-order valence-electron chi connectivity index (χ1n) is 4.70. The Morgan fingerprint density at radius 2 is 1.69 bits per heavy atom. The molecule has 1 aliphatic carbocycles. The van der Waals surface area contributed by atoms with E-state index in [1.54, 1.807) is 6.08 Å². The summed E-state index contributed by atoms with van der Waals surface area (Å²) < 4.78 is 0. The molecule has 13 heavy (non-hydrogen) atoms. The molecule has 0 aromatic carbocycles. The van der Waals surface area contributed by atoms with Crippen molar-refractivity contribution < 1.29 is 0 Å². The van der Waals surface area contributed by atoms with Gasteiger partial charge in [-0.3, -0.25) is 5.41 Å². The molecule has 2 nitrogen and oxygen atoms in total. The van der Waals surface area contributed by atoms with Gasteiger partial charge >= 0.3 is 0 Å². The zero-order chi connectivity index (χ0) is 9.68. The maximum atomic E-state index is 7.73. The molecule has 0 aromatic rings. The predicted molar refractivity (Wildman–Crippen MR) is 57.0 cm³/mol. The fourth-order valence-electron chi connectivity index (χ4n) is 1.71. The van der Waals surface area contributed by atoms with Crippen molar-refractivity contribution in [2.75, 3.05) is 0 Å². The molecule has 0 aromatic heterocycles. The van der Waals surface area contributed by atoms with Gasteiger partial charge in [0, 0.05) is 11.6 Å². The van der Waals surface area contributed by atoms with E-state index in [1.807, 2.05) is 0 Å². The quantitative estimate of drug-likeness (QED) is 0.654. The van der Waals surface area contributed by atoms with E-state index in [-0.39, 0.29) is 5.17 Å². The molecule has 0 aliphatic heterocycles. The Morgan fingerprint density at radius 3 is 2.23 bits per heavy atom. The van der Waals surface area contributed by atoms with Crippen LogP contribution in [-0.2, 0) is 0 Å². The van der Waals surface area contributed by atoms with Crippen LogP contribution in [-0.4, -0.2) is 10.9 Å². The molecule has 0 amide bonds. The first kappa shape index (κ1) is 10.5. The third-order valence-corrected chi connectivity index (χ3v) is 2.58. The second kappa shape index (κ2) is 5.18. The van der Waals surface area contributed by atoms with Crippen LogP contribution in [0.4, 0.5) is 0 Å². The molecule has 0 heterocycles. The lowest BCUT2D eigenvalue weighted by molar-refractivity contribution is 0.439. The number of halogens is 1. The van der Waals surface area contributed by atoms with Gasteiger partial charge in [0.05, 0.1) is 0 Å². The fraction of sp³-hybridized carbons (Fsp3) is 0.600. The zero-order valence-corrected chi connectivity index (χ0v) is 8.40. The number of hydrogen-bond donors (Lipinski definition) is 2. The number of hydrogen-bond acceptors (Lipinski definition) is 2. The van der Waals surface area contributed by atoms with Gasteiger partial charge in [0.15, 0.2) is 0 Å². The first-order chi connectivity index (χ1) is 6.20. The topological polar surface area (TPSA) is 47.7 Å². The van der Waals surface area contributed by atoms with Crippen molar-refractivity contribution in [3.8, 4) is 0 Å². The Kier molecular flexibility index (Phi) is 4.16. The van der Waals surface area contributed by atoms with E-state index in [4.69, 9.17) is 22.4 Å². The first-order valence-corrected chi connectivity index (χ1v) is 5.08. The van der Waals surface area contributed by atoms with Crippen molar-refractivity contribution in [3.63, 3.8) is 0 Å². The molecule has 1 fully saturated rings. The summed E-state index contributed by atoms with van der Waals surface area (Å²) in [5, 5.41) is 14.7. The van der Waals surface area contributed by atoms with Crippen molar-refractivity contribution in [1.82, 2.24) is 0 Å². The van der Waals surface area contributed by atoms with Gasteiger partial charge in [-0.25, -0.2) is 0 Å². The van der Waals surface area contributed by atoms with Gasteiger partial charge in [-0.1, -0.05) is 30.9 Å². The molecule has 0 bridgehead atoms. The highest BCUT2D eigenvalue weighted by Gasteiger charge is 2.15. The zero-order valence-electron chi connectivity index (χ0n) is 7.65. The lowest BCUT2D eigenvalue weighted by atomic mass is 9.86. The summed E-state index contributed by atoms with van der Waals surface area (Å²) in [5.41, 5.74) is 0.630. The molecule has 1 saturated carbocycles. The Morgan fingerprint density at radius 1 is 1.08 bits per heavy atom. The van der Waals surface area contributed by atoms with E-state index in [0.717, 1.165) is 12.8 Å². The Bertz CT molecular complexity index is 227. The minimum absolute atomic E-state index is 0.000518. The van der Waals surface area contributed by atoms with Crippen LogP contribution in [0.1, 0.15) is 32.1 Å². The summed E-state index contributed by atoms with van der Waals surface area (Å²) in [6.07, 6.45) is 9.17. The highest BCUT2D eigenvalue weighted by atomic mass is 35.5. The van der Waals surface area contributed by atoms with Gasteiger partial charge < -0.3 is 5.41 Å². The molecule has 1 rings (SSSR count).